The van der Waals surface area contributed by atoms with Gasteiger partial charge in [-0.1, -0.05) is 0 Å². The lowest BCUT2D eigenvalue weighted by atomic mass is 10.0. The fraction of sp³-hybridized carbons (Fsp3) is 0.167. The van der Waals surface area contributed by atoms with E-state index in [9.17, 15) is 60.2 Å². The van der Waals surface area contributed by atoms with Gasteiger partial charge in [-0.2, -0.15) is 21.6 Å². The number of ether oxygens (including phenoxy) is 2. The highest BCUT2D eigenvalue weighted by atomic mass is 32.2. The van der Waals surface area contributed by atoms with Crippen LogP contribution in [-0.4, -0.2) is 49.9 Å². The van der Waals surface area contributed by atoms with E-state index in [4.69, 9.17) is 13.6 Å². The first-order valence-electron chi connectivity index (χ1n) is 16.0. The predicted octanol–water partition coefficient (Wildman–Crippen LogP) is 8.97. The second-order valence-electron chi connectivity index (χ2n) is 12.1. The summed E-state index contributed by atoms with van der Waals surface area (Å²) in [6, 6.07) is 14.1. The van der Waals surface area contributed by atoms with Gasteiger partial charge in [0, 0.05) is 33.5 Å². The largest absolute Gasteiger partial charge is 0.534 e. The number of hydrogen-bond donors (Lipinski definition) is 0. The number of benzene rings is 4. The van der Waals surface area contributed by atoms with E-state index < -0.39 is 66.0 Å². The van der Waals surface area contributed by atoms with E-state index in [0.717, 1.165) is 32.1 Å². The van der Waals surface area contributed by atoms with Crippen LogP contribution in [0.25, 0.3) is 44.6 Å². The molecule has 296 valence electrons. The third kappa shape index (κ3) is 7.81. The predicted molar refractivity (Wildman–Crippen MR) is 187 cm³/mol. The Labute approximate surface area is 315 Å². The van der Waals surface area contributed by atoms with Crippen molar-refractivity contribution in [1.82, 2.24) is 0 Å². The van der Waals surface area contributed by atoms with Crippen molar-refractivity contribution in [2.45, 2.75) is 24.3 Å². The lowest BCUT2D eigenvalue weighted by molar-refractivity contribution is -0.385. The highest BCUT2D eigenvalue weighted by Crippen LogP contribution is 2.47. The molecule has 4 aromatic carbocycles. The van der Waals surface area contributed by atoms with Crippen molar-refractivity contribution in [2.24, 2.45) is 0 Å². The minimum atomic E-state index is -6.26. The van der Waals surface area contributed by atoms with Crippen LogP contribution in [0.4, 0.5) is 33.3 Å². The molecule has 2 aromatic heterocycles. The lowest BCUT2D eigenvalue weighted by Gasteiger charge is -2.09. The van der Waals surface area contributed by atoms with Gasteiger partial charge in [-0.25, -0.2) is 18.4 Å². The Bertz CT molecular complexity index is 2700. The van der Waals surface area contributed by atoms with Gasteiger partial charge in [0.2, 0.25) is 5.75 Å². The fourth-order valence-electron chi connectivity index (χ4n) is 5.73. The zero-order chi connectivity index (χ0) is 41.6. The summed E-state index contributed by atoms with van der Waals surface area (Å²) in [5, 5.41) is 22.8. The van der Waals surface area contributed by atoms with E-state index in [2.05, 4.69) is 8.92 Å². The van der Waals surface area contributed by atoms with Crippen LogP contribution < -0.4 is 4.18 Å². The van der Waals surface area contributed by atoms with Crippen LogP contribution in [0.5, 0.6) is 5.75 Å². The number of fused-ring (bicyclic) bond motifs is 2. The number of nitro groups is 2. The van der Waals surface area contributed by atoms with Crippen LogP contribution in [0.1, 0.15) is 45.0 Å². The SMILES string of the molecule is COC(=O)c1c(-c2ccc(F)cc2)oc2cc([N+](=O)[O-])c(C3CC3)cc12.COC(=O)c1c(-c2ccc(F)cc2)oc2cc([N+](=O)[O-])c(OS(=O)(=O)C(F)(F)F)cc12. The normalized spacial score (nSPS) is 12.8. The number of alkyl halides is 3. The van der Waals surface area contributed by atoms with E-state index in [1.54, 1.807) is 6.07 Å². The van der Waals surface area contributed by atoms with E-state index in [1.165, 1.54) is 49.6 Å². The maximum atomic E-state index is 13.2. The molecule has 21 heteroatoms. The van der Waals surface area contributed by atoms with Gasteiger partial charge in [0.05, 0.1) is 36.2 Å². The molecule has 1 saturated carbocycles. The summed E-state index contributed by atoms with van der Waals surface area (Å²) in [5.41, 5.74) is -6.18. The van der Waals surface area contributed by atoms with Crippen molar-refractivity contribution in [3.05, 3.63) is 121 Å². The van der Waals surface area contributed by atoms with Crippen molar-refractivity contribution < 1.29 is 72.3 Å². The van der Waals surface area contributed by atoms with E-state index in [0.29, 0.717) is 28.6 Å². The number of carbonyl (C=O) groups is 2. The number of hydrogen-bond acceptors (Lipinski definition) is 13. The molecule has 1 aliphatic carbocycles. The van der Waals surface area contributed by atoms with E-state index in [-0.39, 0.29) is 50.8 Å². The van der Waals surface area contributed by atoms with Gasteiger partial charge in [-0.05, 0) is 73.4 Å². The summed E-state index contributed by atoms with van der Waals surface area (Å²) in [6.45, 7) is 0. The van der Waals surface area contributed by atoms with Gasteiger partial charge in [-0.3, -0.25) is 20.2 Å². The van der Waals surface area contributed by atoms with E-state index in [1.807, 2.05) is 0 Å². The number of carbonyl (C=O) groups excluding carboxylic acids is 2. The first-order valence-corrected chi connectivity index (χ1v) is 17.4. The molecule has 7 rings (SSSR count). The van der Waals surface area contributed by atoms with Crippen LogP contribution in [-0.2, 0) is 19.6 Å². The molecule has 1 aliphatic rings. The molecule has 0 aliphatic heterocycles. The standard InChI is InChI=1S/C19H14FNO5.C17H9F4NO8S/c1-25-19(22)17-14-8-13(10-2-3-10)15(21(23)24)9-16(14)26-18(17)11-4-6-12(20)7-5-11;1-28-16(23)14-10-6-13(30-31(26,27)17(19,20)21)11(22(24)25)7-12(10)29-15(14)8-2-4-9(18)5-3-8/h4-10H,2-3H2,1H3;2-7H,1H3. The van der Waals surface area contributed by atoms with Crippen LogP contribution in [0, 0.1) is 31.9 Å². The first-order chi connectivity index (χ1) is 26.8. The zero-order valence-electron chi connectivity index (χ0n) is 28.9. The number of rotatable bonds is 9. The Morgan fingerprint density at radius 1 is 0.719 bits per heavy atom. The molecule has 0 N–H and O–H groups in total. The van der Waals surface area contributed by atoms with Gasteiger partial charge in [-0.15, -0.1) is 0 Å². The Morgan fingerprint density at radius 2 is 1.14 bits per heavy atom. The van der Waals surface area contributed by atoms with Gasteiger partial charge in [0.15, 0.2) is 0 Å². The summed E-state index contributed by atoms with van der Waals surface area (Å²) < 4.78 is 112. The summed E-state index contributed by atoms with van der Waals surface area (Å²) in [7, 11) is -4.03. The molecule has 15 nitrogen and oxygen atoms in total. The minimum absolute atomic E-state index is 0.0178. The Kier molecular flexibility index (Phi) is 10.5. The number of nitrogens with zero attached hydrogens (tertiary/aromatic N) is 2. The number of halogens is 5. The summed E-state index contributed by atoms with van der Waals surface area (Å²) >= 11 is 0. The topological polar surface area (TPSA) is 209 Å². The van der Waals surface area contributed by atoms with Crippen LogP contribution in [0.2, 0.25) is 0 Å². The summed E-state index contributed by atoms with van der Waals surface area (Å²) in [6.07, 6.45) is 1.76. The maximum Gasteiger partial charge on any atom is 0.534 e. The van der Waals surface area contributed by atoms with Crippen molar-refractivity contribution in [2.75, 3.05) is 14.2 Å². The van der Waals surface area contributed by atoms with Crippen molar-refractivity contribution >= 4 is 55.4 Å². The van der Waals surface area contributed by atoms with Crippen molar-refractivity contribution in [1.29, 1.82) is 0 Å². The van der Waals surface area contributed by atoms with Gasteiger partial charge >= 0.3 is 33.3 Å². The Hall–Kier alpha value is -6.90. The number of nitro benzene ring substituents is 2. The second-order valence-corrected chi connectivity index (χ2v) is 13.6. The Balaban J connectivity index is 0.000000195. The summed E-state index contributed by atoms with van der Waals surface area (Å²) in [4.78, 5) is 45.7. The molecule has 0 atom stereocenters. The van der Waals surface area contributed by atoms with Gasteiger partial charge in [0.25, 0.3) is 5.69 Å². The molecule has 0 spiro atoms. The van der Waals surface area contributed by atoms with Crippen LogP contribution in [0.15, 0.2) is 81.6 Å². The Morgan fingerprint density at radius 3 is 1.53 bits per heavy atom. The molecule has 0 amide bonds. The van der Waals surface area contributed by atoms with E-state index >= 15 is 0 Å². The van der Waals surface area contributed by atoms with Crippen molar-refractivity contribution in [3.63, 3.8) is 0 Å². The average molecular weight is 819 g/mol. The smallest absolute Gasteiger partial charge is 0.465 e. The molecule has 57 heavy (non-hydrogen) atoms. The number of esters is 2. The number of furan rings is 2. The minimum Gasteiger partial charge on any atom is -0.465 e. The molecule has 6 aromatic rings. The second kappa shape index (κ2) is 15.0. The monoisotopic (exact) mass is 818 g/mol. The maximum absolute atomic E-state index is 13.2. The van der Waals surface area contributed by atoms with Crippen molar-refractivity contribution in [3.8, 4) is 28.4 Å². The van der Waals surface area contributed by atoms with Gasteiger partial charge in [0.1, 0.15) is 45.4 Å². The third-order valence-electron chi connectivity index (χ3n) is 8.49. The molecule has 0 saturated heterocycles. The first kappa shape index (κ1) is 39.8. The molecule has 0 unspecified atom stereocenters. The number of methoxy groups -OCH3 is 2. The molecule has 0 radical (unpaired) electrons. The highest BCUT2D eigenvalue weighted by Gasteiger charge is 2.49. The third-order valence-corrected chi connectivity index (χ3v) is 9.46. The lowest BCUT2D eigenvalue weighted by Crippen LogP contribution is -2.28. The molecule has 0 bridgehead atoms. The quantitative estimate of drug-likeness (QED) is 0.0334. The highest BCUT2D eigenvalue weighted by molar-refractivity contribution is 7.88. The molecular weight excluding hydrogens is 795 g/mol. The van der Waals surface area contributed by atoms with Crippen LogP contribution in [0.3, 0.4) is 0 Å². The molecule has 1 fully saturated rings. The van der Waals surface area contributed by atoms with Crippen LogP contribution >= 0.6 is 0 Å². The molecular formula is C36H23F5N2O13S. The van der Waals surface area contributed by atoms with Gasteiger partial charge < -0.3 is 22.5 Å². The molecule has 2 heterocycles. The fourth-order valence-corrected chi connectivity index (χ4v) is 6.20. The average Bonchev–Trinajstić information content (AvgIpc) is 3.84. The zero-order valence-corrected chi connectivity index (χ0v) is 29.7. The summed E-state index contributed by atoms with van der Waals surface area (Å²) in [5.74, 6) is -3.93.